The number of phenols is 1. The summed E-state index contributed by atoms with van der Waals surface area (Å²) < 4.78 is 10.6. The fourth-order valence-electron chi connectivity index (χ4n) is 1.93. The van der Waals surface area contributed by atoms with Gasteiger partial charge in [0.1, 0.15) is 22.8 Å². The highest BCUT2D eigenvalue weighted by Gasteiger charge is 2.31. The number of rotatable bonds is 1. The van der Waals surface area contributed by atoms with Crippen molar-refractivity contribution in [3.8, 4) is 11.5 Å². The molecule has 4 nitrogen and oxygen atoms in total. The molecule has 1 aromatic heterocycles. The Kier molecular flexibility index (Phi) is 2.23. The lowest BCUT2D eigenvalue weighted by Gasteiger charge is -2.00. The third-order valence-electron chi connectivity index (χ3n) is 2.71. The van der Waals surface area contributed by atoms with Crippen molar-refractivity contribution < 1.29 is 19.1 Å². The molecule has 0 saturated carbocycles. The van der Waals surface area contributed by atoms with Gasteiger partial charge in [-0.05, 0) is 36.8 Å². The number of hydrogen-bond donors (Lipinski definition) is 1. The molecule has 0 unspecified atom stereocenters. The smallest absolute Gasteiger partial charge is 0.235 e. The summed E-state index contributed by atoms with van der Waals surface area (Å²) in [5.41, 5.74) is 1.04. The van der Waals surface area contributed by atoms with E-state index in [9.17, 15) is 9.90 Å². The molecule has 2 aromatic rings. The van der Waals surface area contributed by atoms with E-state index in [0.717, 1.165) is 5.56 Å². The van der Waals surface area contributed by atoms with Gasteiger partial charge in [-0.15, -0.1) is 0 Å². The lowest BCUT2D eigenvalue weighted by molar-refractivity contribution is 0.101. The van der Waals surface area contributed by atoms with Crippen molar-refractivity contribution in [2.45, 2.75) is 6.92 Å². The lowest BCUT2D eigenvalue weighted by Crippen LogP contribution is -1.98. The van der Waals surface area contributed by atoms with Crippen LogP contribution >= 0.6 is 0 Å². The molecule has 0 radical (unpaired) electrons. The van der Waals surface area contributed by atoms with Gasteiger partial charge >= 0.3 is 0 Å². The molecule has 2 heterocycles. The number of fused-ring (bicyclic) bond motifs is 1. The van der Waals surface area contributed by atoms with Gasteiger partial charge in [0, 0.05) is 6.08 Å². The molecular weight excluding hydrogens is 232 g/mol. The fraction of sp³-hybridized carbons (Fsp3) is 0.0714. The maximum Gasteiger partial charge on any atom is 0.235 e. The monoisotopic (exact) mass is 242 g/mol. The zero-order valence-electron chi connectivity index (χ0n) is 9.64. The predicted molar refractivity (Wildman–Crippen MR) is 64.5 cm³/mol. The third kappa shape index (κ3) is 1.59. The molecule has 90 valence electrons. The van der Waals surface area contributed by atoms with E-state index < -0.39 is 0 Å². The number of allylic oxidation sites excluding steroid dienone is 1. The third-order valence-corrected chi connectivity index (χ3v) is 2.71. The number of carbonyl (C=O) groups is 1. The molecule has 3 rings (SSSR count). The number of Topliss-reactive ketones (excluding diaryl/α,β-unsaturated/α-hetero) is 1. The van der Waals surface area contributed by atoms with Crippen LogP contribution in [0.15, 0.2) is 40.7 Å². The Labute approximate surface area is 103 Å². The first-order valence-electron chi connectivity index (χ1n) is 5.46. The van der Waals surface area contributed by atoms with Crippen LogP contribution in [0.1, 0.15) is 21.7 Å². The molecule has 1 aliphatic rings. The van der Waals surface area contributed by atoms with Crippen molar-refractivity contribution in [1.29, 1.82) is 0 Å². The van der Waals surface area contributed by atoms with Gasteiger partial charge in [0.15, 0.2) is 5.76 Å². The average Bonchev–Trinajstić information content (AvgIpc) is 2.88. The summed E-state index contributed by atoms with van der Waals surface area (Å²) in [6.45, 7) is 1.82. The first-order chi connectivity index (χ1) is 8.65. The molecule has 4 heteroatoms. The molecule has 0 aliphatic carbocycles. The van der Waals surface area contributed by atoms with E-state index in [1.807, 2.05) is 6.92 Å². The van der Waals surface area contributed by atoms with Crippen LogP contribution in [-0.4, -0.2) is 10.9 Å². The second-order valence-electron chi connectivity index (χ2n) is 4.11. The second kappa shape index (κ2) is 3.77. The van der Waals surface area contributed by atoms with Crippen molar-refractivity contribution in [1.82, 2.24) is 0 Å². The van der Waals surface area contributed by atoms with Crippen LogP contribution in [0.5, 0.6) is 11.5 Å². The highest BCUT2D eigenvalue weighted by molar-refractivity contribution is 6.16. The highest BCUT2D eigenvalue weighted by Crippen LogP contribution is 2.38. The largest absolute Gasteiger partial charge is 0.507 e. The van der Waals surface area contributed by atoms with Gasteiger partial charge in [0.25, 0.3) is 0 Å². The molecule has 0 fully saturated rings. The van der Waals surface area contributed by atoms with E-state index in [4.69, 9.17) is 9.15 Å². The summed E-state index contributed by atoms with van der Waals surface area (Å²) in [5, 5.41) is 9.77. The number of hydrogen-bond acceptors (Lipinski definition) is 4. The minimum absolute atomic E-state index is 0.0576. The van der Waals surface area contributed by atoms with Crippen molar-refractivity contribution in [3.63, 3.8) is 0 Å². The SMILES string of the molecule is Cc1cc(O)c2c(c1)OC(=Cc1ccco1)C2=O. The Morgan fingerprint density at radius 1 is 1.33 bits per heavy atom. The van der Waals surface area contributed by atoms with Crippen LogP contribution in [0.4, 0.5) is 0 Å². The van der Waals surface area contributed by atoms with Gasteiger partial charge in [-0.25, -0.2) is 0 Å². The number of aryl methyl sites for hydroxylation is 1. The number of phenolic OH excluding ortho intramolecular Hbond substituents is 1. The van der Waals surface area contributed by atoms with Crippen LogP contribution in [0.25, 0.3) is 6.08 Å². The Hall–Kier alpha value is -2.49. The van der Waals surface area contributed by atoms with Gasteiger partial charge in [-0.3, -0.25) is 4.79 Å². The molecule has 1 N–H and O–H groups in total. The molecule has 18 heavy (non-hydrogen) atoms. The van der Waals surface area contributed by atoms with Gasteiger partial charge in [0.05, 0.1) is 6.26 Å². The topological polar surface area (TPSA) is 59.7 Å². The fourth-order valence-corrected chi connectivity index (χ4v) is 1.93. The van der Waals surface area contributed by atoms with Gasteiger partial charge in [-0.2, -0.15) is 0 Å². The maximum absolute atomic E-state index is 12.1. The Balaban J connectivity index is 2.07. The van der Waals surface area contributed by atoms with Gasteiger partial charge in [0.2, 0.25) is 5.78 Å². The molecule has 0 saturated heterocycles. The molecule has 0 atom stereocenters. The molecule has 1 aliphatic heterocycles. The molecule has 0 bridgehead atoms. The van der Waals surface area contributed by atoms with Crippen LogP contribution < -0.4 is 4.74 Å². The molecule has 0 spiro atoms. The normalized spacial score (nSPS) is 15.8. The zero-order chi connectivity index (χ0) is 12.7. The minimum atomic E-state index is -0.334. The number of ketones is 1. The standard InChI is InChI=1S/C14H10O4/c1-8-5-10(15)13-11(6-8)18-12(14(13)16)7-9-3-2-4-17-9/h2-7,15H,1H3. The second-order valence-corrected chi connectivity index (χ2v) is 4.11. The van der Waals surface area contributed by atoms with Crippen molar-refractivity contribution in [2.75, 3.05) is 0 Å². The van der Waals surface area contributed by atoms with Crippen molar-refractivity contribution in [3.05, 3.63) is 53.2 Å². The van der Waals surface area contributed by atoms with Crippen LogP contribution in [0.3, 0.4) is 0 Å². The molecular formula is C14H10O4. The average molecular weight is 242 g/mol. The number of carbonyl (C=O) groups excluding carboxylic acids is 1. The van der Waals surface area contributed by atoms with E-state index in [0.29, 0.717) is 11.5 Å². The predicted octanol–water partition coefficient (Wildman–Crippen LogP) is 2.91. The van der Waals surface area contributed by atoms with E-state index in [1.165, 1.54) is 18.4 Å². The van der Waals surface area contributed by atoms with Crippen LogP contribution in [0, 0.1) is 6.92 Å². The van der Waals surface area contributed by atoms with Crippen LogP contribution in [0.2, 0.25) is 0 Å². The Morgan fingerprint density at radius 2 is 2.17 bits per heavy atom. The number of furan rings is 1. The van der Waals surface area contributed by atoms with Gasteiger partial charge < -0.3 is 14.3 Å². The van der Waals surface area contributed by atoms with Crippen molar-refractivity contribution >= 4 is 11.9 Å². The van der Waals surface area contributed by atoms with E-state index in [-0.39, 0.29) is 22.9 Å². The number of benzene rings is 1. The Bertz CT molecular complexity index is 651. The van der Waals surface area contributed by atoms with E-state index in [1.54, 1.807) is 18.2 Å². The number of ether oxygens (including phenoxy) is 1. The van der Waals surface area contributed by atoms with Crippen molar-refractivity contribution in [2.24, 2.45) is 0 Å². The van der Waals surface area contributed by atoms with E-state index >= 15 is 0 Å². The van der Waals surface area contributed by atoms with E-state index in [2.05, 4.69) is 0 Å². The van der Waals surface area contributed by atoms with Gasteiger partial charge in [-0.1, -0.05) is 0 Å². The first kappa shape index (κ1) is 10.7. The van der Waals surface area contributed by atoms with Crippen LogP contribution in [-0.2, 0) is 0 Å². The molecule has 1 aromatic carbocycles. The quantitative estimate of drug-likeness (QED) is 0.781. The zero-order valence-corrected chi connectivity index (χ0v) is 9.64. The summed E-state index contributed by atoms with van der Waals surface area (Å²) in [6, 6.07) is 6.70. The Morgan fingerprint density at radius 3 is 2.89 bits per heavy atom. The summed E-state index contributed by atoms with van der Waals surface area (Å²) in [7, 11) is 0. The maximum atomic E-state index is 12.1. The summed E-state index contributed by atoms with van der Waals surface area (Å²) in [4.78, 5) is 12.1. The molecule has 0 amide bonds. The highest BCUT2D eigenvalue weighted by atomic mass is 16.5. The summed E-state index contributed by atoms with van der Waals surface area (Å²) in [5.74, 6) is 0.676. The summed E-state index contributed by atoms with van der Waals surface area (Å²) in [6.07, 6.45) is 3.03. The minimum Gasteiger partial charge on any atom is -0.507 e. The first-order valence-corrected chi connectivity index (χ1v) is 5.46. The lowest BCUT2D eigenvalue weighted by atomic mass is 10.1. The summed E-state index contributed by atoms with van der Waals surface area (Å²) >= 11 is 0. The number of aromatic hydroxyl groups is 1.